The van der Waals surface area contributed by atoms with E-state index in [0.29, 0.717) is 42.4 Å². The molecule has 0 aliphatic carbocycles. The molecule has 6 rings (SSSR count). The molecule has 0 saturated carbocycles. The van der Waals surface area contributed by atoms with Crippen LogP contribution >= 0.6 is 0 Å². The summed E-state index contributed by atoms with van der Waals surface area (Å²) in [6.07, 6.45) is 2.93. The van der Waals surface area contributed by atoms with Crippen LogP contribution in [0.5, 0.6) is 40.2 Å². The molecule has 0 spiro atoms. The quantitative estimate of drug-likeness (QED) is 0.150. The Morgan fingerprint density at radius 3 is 1.94 bits per heavy atom. The zero-order chi connectivity index (χ0) is 33.3. The highest BCUT2D eigenvalue weighted by atomic mass is 16.5. The van der Waals surface area contributed by atoms with E-state index >= 15 is 0 Å². The standard InChI is InChI=1S/C38H44N2O7/c1-39-15-13-26-20-35(43-3)37(45-5)22-29(26)31(39)17-25-9-12-33(41)34(19-25)47-28-10-7-24(8-11-28)18-32-30-23-38(46-6)36(44-4)21-27(30)14-16-40(32,2)42/h7-12,19-23,31-32,41H,13-18H2,1-6H3/t31-,32-,40+/m1/s1. The number of quaternary nitrogens is 1. The number of nitrogens with zero attached hydrogens (tertiary/aromatic N) is 2. The molecular formula is C38H44N2O7. The number of likely N-dealkylation sites (N-methyl/N-ethyl adjacent to an activating group) is 2. The van der Waals surface area contributed by atoms with E-state index in [-0.39, 0.29) is 22.5 Å². The maximum absolute atomic E-state index is 13.6. The SMILES string of the molecule is COc1cc2c(cc1OC)[C@@H](Cc1ccc(O)c(Oc3ccc(C[C@@H]4c5cc(OC)c(OC)cc5CC[N@+]4(C)[O-])cc3)c1)N(C)CC2. The van der Waals surface area contributed by atoms with E-state index in [9.17, 15) is 10.3 Å². The summed E-state index contributed by atoms with van der Waals surface area (Å²) in [7, 11) is 10.4. The van der Waals surface area contributed by atoms with E-state index in [4.69, 9.17) is 23.7 Å². The normalized spacial score (nSPS) is 20.6. The van der Waals surface area contributed by atoms with E-state index in [1.165, 1.54) is 11.1 Å². The number of benzene rings is 4. The molecule has 0 saturated heterocycles. The minimum atomic E-state index is -0.359. The van der Waals surface area contributed by atoms with E-state index < -0.39 is 0 Å². The highest BCUT2D eigenvalue weighted by Gasteiger charge is 2.34. The van der Waals surface area contributed by atoms with Crippen LogP contribution in [0.3, 0.4) is 0 Å². The van der Waals surface area contributed by atoms with Gasteiger partial charge >= 0.3 is 0 Å². The van der Waals surface area contributed by atoms with Crippen molar-refractivity contribution < 1.29 is 33.4 Å². The van der Waals surface area contributed by atoms with Gasteiger partial charge in [-0.05, 0) is 96.2 Å². The van der Waals surface area contributed by atoms with Crippen LogP contribution in [0.2, 0.25) is 0 Å². The van der Waals surface area contributed by atoms with Crippen molar-refractivity contribution in [1.29, 1.82) is 0 Å². The lowest BCUT2D eigenvalue weighted by atomic mass is 9.88. The number of hydrogen-bond acceptors (Lipinski definition) is 8. The van der Waals surface area contributed by atoms with Gasteiger partial charge in [-0.1, -0.05) is 18.2 Å². The summed E-state index contributed by atoms with van der Waals surface area (Å²) in [5.74, 6) is 3.84. The number of aromatic hydroxyl groups is 1. The Morgan fingerprint density at radius 2 is 1.30 bits per heavy atom. The molecule has 0 fully saturated rings. The number of fused-ring (bicyclic) bond motifs is 2. The third kappa shape index (κ3) is 6.56. The highest BCUT2D eigenvalue weighted by Crippen LogP contribution is 2.43. The summed E-state index contributed by atoms with van der Waals surface area (Å²) in [6, 6.07) is 21.3. The molecule has 2 aliphatic rings. The number of phenolic OH excluding ortho intramolecular Hbond substituents is 1. The van der Waals surface area contributed by atoms with Gasteiger partial charge in [0, 0.05) is 31.0 Å². The molecule has 4 aromatic carbocycles. The maximum atomic E-state index is 13.6. The van der Waals surface area contributed by atoms with Gasteiger partial charge in [0.1, 0.15) is 11.8 Å². The number of phenols is 1. The zero-order valence-corrected chi connectivity index (χ0v) is 28.0. The first kappa shape index (κ1) is 32.5. The Hall–Kier alpha value is -4.44. The van der Waals surface area contributed by atoms with Crippen LogP contribution < -0.4 is 23.7 Å². The average molecular weight is 641 g/mol. The van der Waals surface area contributed by atoms with Crippen molar-refractivity contribution in [3.8, 4) is 40.2 Å². The second-order valence-corrected chi connectivity index (χ2v) is 12.7. The molecule has 2 heterocycles. The summed E-state index contributed by atoms with van der Waals surface area (Å²) in [4.78, 5) is 2.35. The molecule has 0 radical (unpaired) electrons. The predicted octanol–water partition coefficient (Wildman–Crippen LogP) is 6.77. The summed E-state index contributed by atoms with van der Waals surface area (Å²) < 4.78 is 28.1. The fourth-order valence-corrected chi connectivity index (χ4v) is 7.01. The lowest BCUT2D eigenvalue weighted by Crippen LogP contribution is -2.47. The van der Waals surface area contributed by atoms with Crippen LogP contribution in [0.1, 0.15) is 45.5 Å². The Labute approximate surface area is 277 Å². The van der Waals surface area contributed by atoms with Crippen molar-refractivity contribution in [2.45, 2.75) is 37.8 Å². The Kier molecular flexibility index (Phi) is 9.23. The first-order valence-corrected chi connectivity index (χ1v) is 16.0. The number of methoxy groups -OCH3 is 4. The highest BCUT2D eigenvalue weighted by molar-refractivity contribution is 5.51. The number of rotatable bonds is 10. The van der Waals surface area contributed by atoms with E-state index in [1.807, 2.05) is 48.5 Å². The molecule has 3 atom stereocenters. The first-order valence-electron chi connectivity index (χ1n) is 16.0. The van der Waals surface area contributed by atoms with Crippen LogP contribution in [0, 0.1) is 5.21 Å². The summed E-state index contributed by atoms with van der Waals surface area (Å²) in [6.45, 7) is 1.42. The lowest BCUT2D eigenvalue weighted by Gasteiger charge is -2.49. The van der Waals surface area contributed by atoms with Gasteiger partial charge in [-0.2, -0.15) is 0 Å². The number of ether oxygens (including phenoxy) is 5. The van der Waals surface area contributed by atoms with Gasteiger partial charge in [-0.15, -0.1) is 0 Å². The molecule has 47 heavy (non-hydrogen) atoms. The molecule has 2 aliphatic heterocycles. The lowest BCUT2D eigenvalue weighted by molar-refractivity contribution is -0.894. The summed E-state index contributed by atoms with van der Waals surface area (Å²) >= 11 is 0. The van der Waals surface area contributed by atoms with Crippen molar-refractivity contribution in [3.63, 3.8) is 0 Å². The van der Waals surface area contributed by atoms with Crippen LogP contribution in [-0.4, -0.2) is 70.3 Å². The number of hydrogen-bond donors (Lipinski definition) is 1. The van der Waals surface area contributed by atoms with Gasteiger partial charge in [0.2, 0.25) is 0 Å². The van der Waals surface area contributed by atoms with Gasteiger partial charge in [-0.3, -0.25) is 4.90 Å². The van der Waals surface area contributed by atoms with Crippen molar-refractivity contribution in [2.75, 3.05) is 55.6 Å². The smallest absolute Gasteiger partial charge is 0.169 e. The van der Waals surface area contributed by atoms with Crippen LogP contribution in [0.4, 0.5) is 0 Å². The molecule has 248 valence electrons. The van der Waals surface area contributed by atoms with Gasteiger partial charge in [-0.25, -0.2) is 0 Å². The molecule has 1 N–H and O–H groups in total. The van der Waals surface area contributed by atoms with Crippen molar-refractivity contribution in [3.05, 3.63) is 105 Å². The van der Waals surface area contributed by atoms with E-state index in [2.05, 4.69) is 24.1 Å². The Bertz CT molecular complexity index is 1740. The summed E-state index contributed by atoms with van der Waals surface area (Å²) in [5, 5.41) is 24.4. The van der Waals surface area contributed by atoms with Crippen molar-refractivity contribution in [1.82, 2.24) is 4.90 Å². The molecule has 0 bridgehead atoms. The monoisotopic (exact) mass is 640 g/mol. The topological polar surface area (TPSA) is 92.7 Å². The third-order valence-electron chi connectivity index (χ3n) is 9.79. The second-order valence-electron chi connectivity index (χ2n) is 12.7. The van der Waals surface area contributed by atoms with E-state index in [0.717, 1.165) is 53.1 Å². The third-order valence-corrected chi connectivity index (χ3v) is 9.79. The van der Waals surface area contributed by atoms with Crippen LogP contribution in [-0.2, 0) is 25.7 Å². The minimum absolute atomic E-state index is 0.0734. The molecule has 9 nitrogen and oxygen atoms in total. The van der Waals surface area contributed by atoms with Crippen molar-refractivity contribution >= 4 is 0 Å². The molecule has 4 aromatic rings. The van der Waals surface area contributed by atoms with E-state index in [1.54, 1.807) is 41.6 Å². The molecule has 9 heteroatoms. The average Bonchev–Trinajstić information content (AvgIpc) is 3.08. The Morgan fingerprint density at radius 1 is 0.723 bits per heavy atom. The van der Waals surface area contributed by atoms with Gasteiger partial charge in [0.25, 0.3) is 0 Å². The van der Waals surface area contributed by atoms with Gasteiger partial charge in [0.15, 0.2) is 34.5 Å². The van der Waals surface area contributed by atoms with Gasteiger partial charge in [0.05, 0.1) is 42.0 Å². The molecule has 0 amide bonds. The largest absolute Gasteiger partial charge is 0.633 e. The van der Waals surface area contributed by atoms with Crippen LogP contribution in [0.15, 0.2) is 66.7 Å². The Balaban J connectivity index is 1.20. The first-order chi connectivity index (χ1) is 22.6. The molecule has 0 aromatic heterocycles. The second kappa shape index (κ2) is 13.4. The van der Waals surface area contributed by atoms with Gasteiger partial charge < -0.3 is 38.6 Å². The number of hydroxylamine groups is 3. The fraction of sp³-hybridized carbons (Fsp3) is 0.368. The van der Waals surface area contributed by atoms with Crippen LogP contribution in [0.25, 0.3) is 0 Å². The minimum Gasteiger partial charge on any atom is -0.633 e. The fourth-order valence-electron chi connectivity index (χ4n) is 7.01. The van der Waals surface area contributed by atoms with Crippen molar-refractivity contribution in [2.24, 2.45) is 0 Å². The predicted molar refractivity (Wildman–Crippen MR) is 181 cm³/mol. The molecule has 0 unspecified atom stereocenters. The maximum Gasteiger partial charge on any atom is 0.169 e. The zero-order valence-electron chi connectivity index (χ0n) is 28.0. The molecular weight excluding hydrogens is 596 g/mol. The summed E-state index contributed by atoms with van der Waals surface area (Å²) in [5.41, 5.74) is 6.66.